The van der Waals surface area contributed by atoms with Gasteiger partial charge in [-0.05, 0) is 32.0 Å². The fourth-order valence-corrected chi connectivity index (χ4v) is 2.29. The first kappa shape index (κ1) is 14.5. The number of carbonyl (C=O) groups excluding carboxylic acids is 1. The van der Waals surface area contributed by atoms with E-state index in [-0.39, 0.29) is 11.6 Å². The van der Waals surface area contributed by atoms with E-state index >= 15 is 0 Å². The Morgan fingerprint density at radius 2 is 2.25 bits per heavy atom. The standard InChI is InChI=1S/C15H19FN2O2/c1-4-17-6-5-11-8-18-15-9(2)12(16)7-13(14(11)15)20-10(3)19/h7-8,17-18H,4-6H2,1-3H3. The van der Waals surface area contributed by atoms with Crippen LogP contribution in [-0.4, -0.2) is 24.0 Å². The molecule has 20 heavy (non-hydrogen) atoms. The van der Waals surface area contributed by atoms with Gasteiger partial charge in [0.2, 0.25) is 0 Å². The van der Waals surface area contributed by atoms with Gasteiger partial charge in [-0.2, -0.15) is 0 Å². The Balaban J connectivity index is 2.49. The van der Waals surface area contributed by atoms with Crippen LogP contribution >= 0.6 is 0 Å². The summed E-state index contributed by atoms with van der Waals surface area (Å²) >= 11 is 0. The van der Waals surface area contributed by atoms with E-state index in [2.05, 4.69) is 10.3 Å². The minimum absolute atomic E-state index is 0.281. The van der Waals surface area contributed by atoms with Crippen molar-refractivity contribution < 1.29 is 13.9 Å². The summed E-state index contributed by atoms with van der Waals surface area (Å²) < 4.78 is 19.0. The molecule has 0 aliphatic heterocycles. The van der Waals surface area contributed by atoms with E-state index in [1.165, 1.54) is 13.0 Å². The predicted octanol–water partition coefficient (Wildman–Crippen LogP) is 2.69. The number of aromatic nitrogens is 1. The molecule has 0 radical (unpaired) electrons. The molecule has 2 N–H and O–H groups in total. The third kappa shape index (κ3) is 2.82. The van der Waals surface area contributed by atoms with Gasteiger partial charge in [-0.3, -0.25) is 4.79 Å². The third-order valence-corrected chi connectivity index (χ3v) is 3.27. The van der Waals surface area contributed by atoms with Crippen molar-refractivity contribution in [3.05, 3.63) is 29.2 Å². The maximum absolute atomic E-state index is 13.9. The number of rotatable bonds is 5. The summed E-state index contributed by atoms with van der Waals surface area (Å²) in [5, 5.41) is 4.03. The van der Waals surface area contributed by atoms with Crippen LogP contribution in [0.1, 0.15) is 25.0 Å². The number of hydrogen-bond donors (Lipinski definition) is 2. The number of benzene rings is 1. The van der Waals surface area contributed by atoms with E-state index in [1.807, 2.05) is 13.1 Å². The van der Waals surface area contributed by atoms with Crippen LogP contribution in [0.4, 0.5) is 4.39 Å². The number of esters is 1. The van der Waals surface area contributed by atoms with E-state index in [9.17, 15) is 9.18 Å². The van der Waals surface area contributed by atoms with Crippen LogP contribution in [0, 0.1) is 12.7 Å². The summed E-state index contributed by atoms with van der Waals surface area (Å²) in [4.78, 5) is 14.3. The van der Waals surface area contributed by atoms with Crippen molar-refractivity contribution in [2.75, 3.05) is 13.1 Å². The number of aryl methyl sites for hydroxylation is 1. The number of H-pyrrole nitrogens is 1. The number of likely N-dealkylation sites (N-methyl/N-ethyl adjacent to an activating group) is 1. The Morgan fingerprint density at radius 1 is 1.50 bits per heavy atom. The van der Waals surface area contributed by atoms with Gasteiger partial charge in [-0.25, -0.2) is 4.39 Å². The van der Waals surface area contributed by atoms with Crippen LogP contribution < -0.4 is 10.1 Å². The van der Waals surface area contributed by atoms with Crippen LogP contribution in [0.2, 0.25) is 0 Å². The Labute approximate surface area is 117 Å². The Kier molecular flexibility index (Phi) is 4.39. The second-order valence-electron chi connectivity index (χ2n) is 4.74. The van der Waals surface area contributed by atoms with Gasteiger partial charge >= 0.3 is 5.97 Å². The number of carbonyl (C=O) groups is 1. The van der Waals surface area contributed by atoms with Crippen molar-refractivity contribution in [2.45, 2.75) is 27.2 Å². The molecule has 0 aliphatic carbocycles. The first-order valence-corrected chi connectivity index (χ1v) is 6.72. The van der Waals surface area contributed by atoms with Crippen molar-refractivity contribution in [3.8, 4) is 5.75 Å². The monoisotopic (exact) mass is 278 g/mol. The highest BCUT2D eigenvalue weighted by molar-refractivity contribution is 5.93. The van der Waals surface area contributed by atoms with Crippen molar-refractivity contribution in [3.63, 3.8) is 0 Å². The number of halogens is 1. The van der Waals surface area contributed by atoms with E-state index in [0.717, 1.165) is 30.5 Å². The zero-order valence-corrected chi connectivity index (χ0v) is 12.0. The van der Waals surface area contributed by atoms with Crippen molar-refractivity contribution in [1.29, 1.82) is 0 Å². The predicted molar refractivity (Wildman–Crippen MR) is 76.6 cm³/mol. The molecule has 0 atom stereocenters. The molecule has 0 bridgehead atoms. The average Bonchev–Trinajstić information content (AvgIpc) is 2.80. The molecule has 0 saturated heterocycles. The molecular weight excluding hydrogens is 259 g/mol. The van der Waals surface area contributed by atoms with Gasteiger partial charge in [0, 0.05) is 30.1 Å². The number of fused-ring (bicyclic) bond motifs is 1. The first-order chi connectivity index (χ1) is 9.54. The second kappa shape index (κ2) is 6.05. The maximum Gasteiger partial charge on any atom is 0.308 e. The van der Waals surface area contributed by atoms with E-state index < -0.39 is 5.97 Å². The zero-order chi connectivity index (χ0) is 14.7. The maximum atomic E-state index is 13.9. The van der Waals surface area contributed by atoms with Crippen molar-refractivity contribution in [1.82, 2.24) is 10.3 Å². The highest BCUT2D eigenvalue weighted by Gasteiger charge is 2.16. The summed E-state index contributed by atoms with van der Waals surface area (Å²) in [6.07, 6.45) is 2.63. The largest absolute Gasteiger partial charge is 0.426 e. The normalized spacial score (nSPS) is 11.0. The van der Waals surface area contributed by atoms with Crippen LogP contribution in [0.5, 0.6) is 5.75 Å². The Bertz CT molecular complexity index is 634. The lowest BCUT2D eigenvalue weighted by Crippen LogP contribution is -2.16. The highest BCUT2D eigenvalue weighted by Crippen LogP contribution is 2.33. The zero-order valence-electron chi connectivity index (χ0n) is 12.0. The number of hydrogen-bond acceptors (Lipinski definition) is 3. The third-order valence-electron chi connectivity index (χ3n) is 3.27. The fourth-order valence-electron chi connectivity index (χ4n) is 2.29. The first-order valence-electron chi connectivity index (χ1n) is 6.72. The minimum atomic E-state index is -0.451. The Hall–Kier alpha value is -1.88. The van der Waals surface area contributed by atoms with Crippen molar-refractivity contribution >= 4 is 16.9 Å². The molecule has 108 valence electrons. The van der Waals surface area contributed by atoms with Crippen LogP contribution in [0.15, 0.2) is 12.3 Å². The SMILES string of the molecule is CCNCCc1c[nH]c2c(C)c(F)cc(OC(C)=O)c12. The molecule has 0 spiro atoms. The molecule has 0 saturated carbocycles. The van der Waals surface area contributed by atoms with Gasteiger partial charge in [0.1, 0.15) is 11.6 Å². The molecule has 2 rings (SSSR count). The molecule has 5 heteroatoms. The highest BCUT2D eigenvalue weighted by atomic mass is 19.1. The van der Waals surface area contributed by atoms with Gasteiger partial charge in [-0.1, -0.05) is 6.92 Å². The summed E-state index contributed by atoms with van der Waals surface area (Å²) in [6.45, 7) is 6.78. The lowest BCUT2D eigenvalue weighted by Gasteiger charge is -2.08. The van der Waals surface area contributed by atoms with Gasteiger partial charge < -0.3 is 15.0 Å². The summed E-state index contributed by atoms with van der Waals surface area (Å²) in [5.74, 6) is -0.550. The summed E-state index contributed by atoms with van der Waals surface area (Å²) in [5.41, 5.74) is 2.23. The Morgan fingerprint density at radius 3 is 2.90 bits per heavy atom. The number of nitrogens with one attached hydrogen (secondary N) is 2. The lowest BCUT2D eigenvalue weighted by atomic mass is 10.1. The van der Waals surface area contributed by atoms with E-state index in [0.29, 0.717) is 11.1 Å². The smallest absolute Gasteiger partial charge is 0.308 e. The lowest BCUT2D eigenvalue weighted by molar-refractivity contribution is -0.131. The van der Waals surface area contributed by atoms with Crippen LogP contribution in [-0.2, 0) is 11.2 Å². The molecule has 0 unspecified atom stereocenters. The van der Waals surface area contributed by atoms with Gasteiger partial charge in [-0.15, -0.1) is 0 Å². The number of ether oxygens (including phenoxy) is 1. The molecule has 2 aromatic rings. The minimum Gasteiger partial charge on any atom is -0.426 e. The summed E-state index contributed by atoms with van der Waals surface area (Å²) in [6, 6.07) is 1.28. The van der Waals surface area contributed by atoms with Gasteiger partial charge in [0.05, 0.1) is 5.52 Å². The van der Waals surface area contributed by atoms with Gasteiger partial charge in [0.25, 0.3) is 0 Å². The molecule has 0 aliphatic rings. The molecule has 1 heterocycles. The topological polar surface area (TPSA) is 54.1 Å². The molecule has 1 aromatic heterocycles. The second-order valence-corrected chi connectivity index (χ2v) is 4.74. The molecule has 1 aromatic carbocycles. The average molecular weight is 278 g/mol. The van der Waals surface area contributed by atoms with Crippen LogP contribution in [0.25, 0.3) is 10.9 Å². The van der Waals surface area contributed by atoms with Gasteiger partial charge in [0.15, 0.2) is 0 Å². The van der Waals surface area contributed by atoms with Crippen molar-refractivity contribution in [2.24, 2.45) is 0 Å². The number of aromatic amines is 1. The van der Waals surface area contributed by atoms with E-state index in [4.69, 9.17) is 4.74 Å². The molecule has 0 fully saturated rings. The van der Waals surface area contributed by atoms with E-state index in [1.54, 1.807) is 6.92 Å². The molecular formula is C15H19FN2O2. The quantitative estimate of drug-likeness (QED) is 0.502. The summed E-state index contributed by atoms with van der Waals surface area (Å²) in [7, 11) is 0. The fraction of sp³-hybridized carbons (Fsp3) is 0.400. The molecule has 4 nitrogen and oxygen atoms in total. The van der Waals surface area contributed by atoms with Crippen LogP contribution in [0.3, 0.4) is 0 Å². The molecule has 0 amide bonds.